The first kappa shape index (κ1) is 18.1. The highest BCUT2D eigenvalue weighted by atomic mass is 16.6. The maximum absolute atomic E-state index is 12.1. The largest absolute Gasteiger partial charge is 0.467 e. The molecule has 122 valence electrons. The number of nitrogens with one attached hydrogen (secondary N) is 1. The number of hydrogen-bond donors (Lipinski definition) is 1. The Kier molecular flexibility index (Phi) is 6.68. The van der Waals surface area contributed by atoms with E-state index in [0.29, 0.717) is 5.56 Å². The van der Waals surface area contributed by atoms with E-state index in [9.17, 15) is 19.7 Å². The van der Waals surface area contributed by atoms with Crippen LogP contribution in [0.1, 0.15) is 18.9 Å². The van der Waals surface area contributed by atoms with Crippen molar-refractivity contribution in [1.82, 2.24) is 5.32 Å². The lowest BCUT2D eigenvalue weighted by Crippen LogP contribution is -2.46. The molecule has 2 atom stereocenters. The Hall–Kier alpha value is -2.95. The maximum Gasteiger partial charge on any atom is 0.328 e. The number of carbonyl (C=O) groups is 2. The predicted molar refractivity (Wildman–Crippen MR) is 80.1 cm³/mol. The predicted octanol–water partition coefficient (Wildman–Crippen LogP) is 1.34. The van der Waals surface area contributed by atoms with E-state index in [-0.39, 0.29) is 18.5 Å². The third kappa shape index (κ3) is 5.39. The van der Waals surface area contributed by atoms with Gasteiger partial charge < -0.3 is 10.1 Å². The molecule has 0 aliphatic heterocycles. The molecule has 0 aliphatic rings. The molecule has 1 aromatic carbocycles. The number of non-ortho nitro benzene ring substituents is 1. The van der Waals surface area contributed by atoms with Crippen LogP contribution in [0.25, 0.3) is 0 Å². The summed E-state index contributed by atoms with van der Waals surface area (Å²) in [5.74, 6) is -1.53. The van der Waals surface area contributed by atoms with Gasteiger partial charge in [0.2, 0.25) is 5.91 Å². The molecule has 0 saturated carbocycles. The smallest absolute Gasteiger partial charge is 0.328 e. The minimum Gasteiger partial charge on any atom is -0.467 e. The molecule has 0 saturated heterocycles. The van der Waals surface area contributed by atoms with Crippen LogP contribution >= 0.6 is 0 Å². The zero-order chi connectivity index (χ0) is 17.4. The summed E-state index contributed by atoms with van der Waals surface area (Å²) in [5.41, 5.74) is 0.339. The van der Waals surface area contributed by atoms with E-state index in [1.54, 1.807) is 13.0 Å². The van der Waals surface area contributed by atoms with E-state index in [4.69, 9.17) is 5.26 Å². The normalized spacial score (nSPS) is 12.6. The molecule has 0 radical (unpaired) electrons. The summed E-state index contributed by atoms with van der Waals surface area (Å²) in [7, 11) is 1.20. The van der Waals surface area contributed by atoms with Gasteiger partial charge in [-0.3, -0.25) is 14.9 Å². The first-order valence-corrected chi connectivity index (χ1v) is 6.86. The fourth-order valence-electron chi connectivity index (χ4n) is 2.01. The standard InChI is InChI=1S/C15H17N3O5/c1-10(6-7-16)14(15(20)23-2)17-13(19)9-11-4-3-5-12(8-11)18(21)22/h3-5,8,10,14H,6,9H2,1-2H3,(H,17,19)/t10-,14+/m1/s1. The molecule has 0 fully saturated rings. The third-order valence-corrected chi connectivity index (χ3v) is 3.24. The number of nitriles is 1. The van der Waals surface area contributed by atoms with Gasteiger partial charge in [-0.2, -0.15) is 5.26 Å². The summed E-state index contributed by atoms with van der Waals surface area (Å²) < 4.78 is 4.63. The van der Waals surface area contributed by atoms with Crippen LogP contribution in [0.15, 0.2) is 24.3 Å². The van der Waals surface area contributed by atoms with Crippen molar-refractivity contribution in [2.75, 3.05) is 7.11 Å². The van der Waals surface area contributed by atoms with Gasteiger partial charge in [-0.1, -0.05) is 19.1 Å². The molecule has 0 heterocycles. The number of methoxy groups -OCH3 is 1. The molecule has 8 heteroatoms. The number of esters is 1. The van der Waals surface area contributed by atoms with Gasteiger partial charge in [0.25, 0.3) is 5.69 Å². The van der Waals surface area contributed by atoms with Crippen LogP contribution < -0.4 is 5.32 Å². The van der Waals surface area contributed by atoms with Crippen LogP contribution in [-0.2, 0) is 20.7 Å². The summed E-state index contributed by atoms with van der Waals surface area (Å²) in [6.45, 7) is 1.65. The minimum absolute atomic E-state index is 0.0802. The van der Waals surface area contributed by atoms with Crippen molar-refractivity contribution in [2.24, 2.45) is 5.92 Å². The number of rotatable bonds is 7. The fraction of sp³-hybridized carbons (Fsp3) is 0.400. The minimum atomic E-state index is -0.939. The second-order valence-corrected chi connectivity index (χ2v) is 5.01. The Bertz CT molecular complexity index is 638. The number of nitro benzene ring substituents is 1. The topological polar surface area (TPSA) is 122 Å². The SMILES string of the molecule is COC(=O)[C@@H](NC(=O)Cc1cccc([N+](=O)[O-])c1)[C@H](C)CC#N. The summed E-state index contributed by atoms with van der Waals surface area (Å²) in [6.07, 6.45) is -0.0364. The van der Waals surface area contributed by atoms with Crippen molar-refractivity contribution in [3.8, 4) is 6.07 Å². The lowest BCUT2D eigenvalue weighted by Gasteiger charge is -2.21. The number of amides is 1. The molecule has 0 aromatic heterocycles. The lowest BCUT2D eigenvalue weighted by molar-refractivity contribution is -0.384. The number of nitro groups is 1. The van der Waals surface area contributed by atoms with Gasteiger partial charge in [0, 0.05) is 24.5 Å². The Morgan fingerprint density at radius 2 is 2.17 bits per heavy atom. The molecule has 1 amide bonds. The zero-order valence-electron chi connectivity index (χ0n) is 12.8. The molecular weight excluding hydrogens is 302 g/mol. The van der Waals surface area contributed by atoms with Crippen molar-refractivity contribution in [3.63, 3.8) is 0 Å². The molecule has 0 unspecified atom stereocenters. The first-order valence-electron chi connectivity index (χ1n) is 6.86. The van der Waals surface area contributed by atoms with Crippen LogP contribution in [0.4, 0.5) is 5.69 Å². The molecule has 1 aromatic rings. The quantitative estimate of drug-likeness (QED) is 0.460. The Morgan fingerprint density at radius 1 is 1.48 bits per heavy atom. The van der Waals surface area contributed by atoms with Gasteiger partial charge in [0.15, 0.2) is 0 Å². The van der Waals surface area contributed by atoms with Gasteiger partial charge in [0.1, 0.15) is 6.04 Å². The Balaban J connectivity index is 2.79. The highest BCUT2D eigenvalue weighted by Crippen LogP contribution is 2.14. The summed E-state index contributed by atoms with van der Waals surface area (Å²) in [6, 6.07) is 6.69. The van der Waals surface area contributed by atoms with E-state index < -0.39 is 28.8 Å². The zero-order valence-corrected chi connectivity index (χ0v) is 12.8. The van der Waals surface area contributed by atoms with Crippen LogP contribution in [0.2, 0.25) is 0 Å². The van der Waals surface area contributed by atoms with Gasteiger partial charge in [-0.25, -0.2) is 4.79 Å². The number of nitrogens with zero attached hydrogens (tertiary/aromatic N) is 2. The molecule has 1 rings (SSSR count). The van der Waals surface area contributed by atoms with Gasteiger partial charge in [0.05, 0.1) is 24.5 Å². The first-order chi connectivity index (χ1) is 10.9. The van der Waals surface area contributed by atoms with Gasteiger partial charge in [-0.15, -0.1) is 0 Å². The molecule has 23 heavy (non-hydrogen) atoms. The number of carbonyl (C=O) groups excluding carboxylic acids is 2. The summed E-state index contributed by atoms with van der Waals surface area (Å²) >= 11 is 0. The van der Waals surface area contributed by atoms with Gasteiger partial charge in [-0.05, 0) is 5.56 Å². The Labute approximate surface area is 133 Å². The summed E-state index contributed by atoms with van der Waals surface area (Å²) in [5, 5.41) is 21.9. The molecule has 0 bridgehead atoms. The van der Waals surface area contributed by atoms with E-state index >= 15 is 0 Å². The molecule has 0 aliphatic carbocycles. The lowest BCUT2D eigenvalue weighted by atomic mass is 9.98. The Morgan fingerprint density at radius 3 is 2.74 bits per heavy atom. The van der Waals surface area contributed by atoms with Crippen LogP contribution in [-0.4, -0.2) is 30.0 Å². The third-order valence-electron chi connectivity index (χ3n) is 3.24. The van der Waals surface area contributed by atoms with Crippen LogP contribution in [0, 0.1) is 27.4 Å². The molecule has 0 spiro atoms. The van der Waals surface area contributed by atoms with Crippen molar-refractivity contribution in [1.29, 1.82) is 5.26 Å². The van der Waals surface area contributed by atoms with Crippen LogP contribution in [0.5, 0.6) is 0 Å². The van der Waals surface area contributed by atoms with E-state index in [1.807, 2.05) is 6.07 Å². The fourth-order valence-corrected chi connectivity index (χ4v) is 2.01. The van der Waals surface area contributed by atoms with Crippen molar-refractivity contribution >= 4 is 17.6 Å². The second kappa shape index (κ2) is 8.48. The highest BCUT2D eigenvalue weighted by molar-refractivity contribution is 5.85. The number of hydrogen-bond acceptors (Lipinski definition) is 6. The average Bonchev–Trinajstić information content (AvgIpc) is 2.52. The molecule has 1 N–H and O–H groups in total. The summed E-state index contributed by atoms with van der Waals surface area (Å²) in [4.78, 5) is 34.0. The van der Waals surface area contributed by atoms with E-state index in [0.717, 1.165) is 0 Å². The second-order valence-electron chi connectivity index (χ2n) is 5.01. The van der Waals surface area contributed by atoms with Crippen molar-refractivity contribution in [2.45, 2.75) is 25.8 Å². The molecule has 8 nitrogen and oxygen atoms in total. The van der Waals surface area contributed by atoms with E-state index in [2.05, 4.69) is 10.1 Å². The number of ether oxygens (including phenoxy) is 1. The highest BCUT2D eigenvalue weighted by Gasteiger charge is 2.27. The van der Waals surface area contributed by atoms with Gasteiger partial charge >= 0.3 is 5.97 Å². The maximum atomic E-state index is 12.1. The monoisotopic (exact) mass is 319 g/mol. The van der Waals surface area contributed by atoms with Crippen molar-refractivity contribution < 1.29 is 19.2 Å². The number of benzene rings is 1. The van der Waals surface area contributed by atoms with E-state index in [1.165, 1.54) is 25.3 Å². The van der Waals surface area contributed by atoms with Crippen molar-refractivity contribution in [3.05, 3.63) is 39.9 Å². The molecular formula is C15H17N3O5. The van der Waals surface area contributed by atoms with Crippen LogP contribution in [0.3, 0.4) is 0 Å². The average molecular weight is 319 g/mol.